The van der Waals surface area contributed by atoms with Gasteiger partial charge in [-0.25, -0.2) is 4.98 Å². The van der Waals surface area contributed by atoms with Crippen molar-refractivity contribution in [2.24, 2.45) is 0 Å². The predicted octanol–water partition coefficient (Wildman–Crippen LogP) is 1.81. The largest absolute Gasteiger partial charge is 0.490 e. The molecule has 92 valence electrons. The van der Waals surface area contributed by atoms with Gasteiger partial charge in [-0.1, -0.05) is 11.6 Å². The lowest BCUT2D eigenvalue weighted by Crippen LogP contribution is -2.23. The van der Waals surface area contributed by atoms with Crippen LogP contribution in [0.25, 0.3) is 0 Å². The normalized spacial score (nSPS) is 15.2. The lowest BCUT2D eigenvalue weighted by molar-refractivity contribution is 0.340. The molecule has 1 aromatic heterocycles. The van der Waals surface area contributed by atoms with E-state index in [1.165, 1.54) is 5.57 Å². The van der Waals surface area contributed by atoms with E-state index in [4.69, 9.17) is 4.74 Å². The number of hydrogen-bond acceptors (Lipinski definition) is 4. The van der Waals surface area contributed by atoms with Gasteiger partial charge in [0, 0.05) is 19.3 Å². The second-order valence-electron chi connectivity index (χ2n) is 3.95. The van der Waals surface area contributed by atoms with Crippen LogP contribution in [0.4, 0.5) is 5.82 Å². The van der Waals surface area contributed by atoms with Gasteiger partial charge in [-0.15, -0.1) is 0 Å². The molecule has 1 aliphatic rings. The van der Waals surface area contributed by atoms with Crippen LogP contribution in [0.3, 0.4) is 0 Å². The van der Waals surface area contributed by atoms with E-state index in [1.54, 1.807) is 6.20 Å². The third kappa shape index (κ3) is 3.46. The highest BCUT2D eigenvalue weighted by molar-refractivity contribution is 5.50. The third-order valence-corrected chi connectivity index (χ3v) is 2.71. The summed E-state index contributed by atoms with van der Waals surface area (Å²) in [7, 11) is 0. The summed E-state index contributed by atoms with van der Waals surface area (Å²) in [5.74, 6) is 1.65. The van der Waals surface area contributed by atoms with Gasteiger partial charge in [0.2, 0.25) is 0 Å². The van der Waals surface area contributed by atoms with Crippen molar-refractivity contribution in [3.05, 3.63) is 30.0 Å². The number of rotatable bonds is 5. The highest BCUT2D eigenvalue weighted by Gasteiger charge is 2.06. The topological polar surface area (TPSA) is 46.2 Å². The van der Waals surface area contributed by atoms with E-state index in [0.717, 1.165) is 37.6 Å². The predicted molar refractivity (Wildman–Crippen MR) is 69.5 cm³/mol. The molecule has 0 saturated heterocycles. The second-order valence-corrected chi connectivity index (χ2v) is 3.95. The van der Waals surface area contributed by atoms with E-state index < -0.39 is 0 Å². The van der Waals surface area contributed by atoms with E-state index in [2.05, 4.69) is 21.7 Å². The second kappa shape index (κ2) is 6.25. The molecule has 0 bridgehead atoms. The Kier molecular flexibility index (Phi) is 4.38. The number of ether oxygens (including phenoxy) is 1. The Balaban J connectivity index is 1.95. The van der Waals surface area contributed by atoms with Gasteiger partial charge in [0.25, 0.3) is 0 Å². The molecule has 4 nitrogen and oxygen atoms in total. The minimum Gasteiger partial charge on any atom is -0.490 e. The summed E-state index contributed by atoms with van der Waals surface area (Å²) >= 11 is 0. The van der Waals surface area contributed by atoms with E-state index in [-0.39, 0.29) is 0 Å². The first-order valence-electron chi connectivity index (χ1n) is 6.10. The summed E-state index contributed by atoms with van der Waals surface area (Å²) in [4.78, 5) is 4.30. The van der Waals surface area contributed by atoms with Gasteiger partial charge in [0.1, 0.15) is 0 Å². The summed E-state index contributed by atoms with van der Waals surface area (Å²) in [6.45, 7) is 5.52. The number of nitrogens with one attached hydrogen (secondary N) is 2. The Morgan fingerprint density at radius 2 is 2.47 bits per heavy atom. The molecule has 0 aliphatic carbocycles. The molecule has 0 atom stereocenters. The van der Waals surface area contributed by atoms with Crippen molar-refractivity contribution in [3.63, 3.8) is 0 Å². The van der Waals surface area contributed by atoms with E-state index in [0.29, 0.717) is 6.61 Å². The average Bonchev–Trinajstić information content (AvgIpc) is 2.39. The summed E-state index contributed by atoms with van der Waals surface area (Å²) in [5, 5.41) is 6.64. The SMILES string of the molecule is CCOc1cccnc1NCC1=CCNCC1. The van der Waals surface area contributed by atoms with Gasteiger partial charge < -0.3 is 15.4 Å². The number of pyridine rings is 1. The van der Waals surface area contributed by atoms with Crippen molar-refractivity contribution in [1.82, 2.24) is 10.3 Å². The Morgan fingerprint density at radius 3 is 3.24 bits per heavy atom. The third-order valence-electron chi connectivity index (χ3n) is 2.71. The Bertz CT molecular complexity index is 390. The molecule has 0 spiro atoms. The van der Waals surface area contributed by atoms with Crippen LogP contribution in [0.1, 0.15) is 13.3 Å². The number of nitrogens with zero attached hydrogens (tertiary/aromatic N) is 1. The maximum absolute atomic E-state index is 5.52. The van der Waals surface area contributed by atoms with Crippen LogP contribution >= 0.6 is 0 Å². The molecular formula is C13H19N3O. The molecule has 0 radical (unpaired) electrons. The quantitative estimate of drug-likeness (QED) is 0.761. The summed E-state index contributed by atoms with van der Waals surface area (Å²) in [6, 6.07) is 3.83. The van der Waals surface area contributed by atoms with Crippen LogP contribution in [-0.2, 0) is 0 Å². The zero-order valence-corrected chi connectivity index (χ0v) is 10.2. The molecule has 17 heavy (non-hydrogen) atoms. The first kappa shape index (κ1) is 11.9. The zero-order valence-electron chi connectivity index (χ0n) is 10.2. The van der Waals surface area contributed by atoms with Gasteiger partial charge >= 0.3 is 0 Å². The van der Waals surface area contributed by atoms with Gasteiger partial charge in [0.15, 0.2) is 11.6 Å². The van der Waals surface area contributed by atoms with Crippen molar-refractivity contribution in [1.29, 1.82) is 0 Å². The number of hydrogen-bond donors (Lipinski definition) is 2. The van der Waals surface area contributed by atoms with Gasteiger partial charge in [-0.05, 0) is 32.0 Å². The van der Waals surface area contributed by atoms with Crippen LogP contribution < -0.4 is 15.4 Å². The van der Waals surface area contributed by atoms with Crippen LogP contribution in [0.5, 0.6) is 5.75 Å². The van der Waals surface area contributed by atoms with E-state index >= 15 is 0 Å². The van der Waals surface area contributed by atoms with Crippen LogP contribution in [-0.4, -0.2) is 31.2 Å². The molecule has 1 aliphatic heterocycles. The molecule has 1 aromatic rings. The standard InChI is InChI=1S/C13H19N3O/c1-2-17-12-4-3-7-15-13(12)16-10-11-5-8-14-9-6-11/h3-5,7,14H,2,6,8-10H2,1H3,(H,15,16). The minimum atomic E-state index is 0.660. The highest BCUT2D eigenvalue weighted by Crippen LogP contribution is 2.21. The fourth-order valence-corrected chi connectivity index (χ4v) is 1.82. The maximum Gasteiger partial charge on any atom is 0.169 e. The van der Waals surface area contributed by atoms with E-state index in [9.17, 15) is 0 Å². The van der Waals surface area contributed by atoms with Gasteiger partial charge in [-0.2, -0.15) is 0 Å². The molecule has 0 saturated carbocycles. The summed E-state index contributed by atoms with van der Waals surface area (Å²) < 4.78 is 5.52. The molecular weight excluding hydrogens is 214 g/mol. The summed E-state index contributed by atoms with van der Waals surface area (Å²) in [5.41, 5.74) is 1.43. The van der Waals surface area contributed by atoms with Gasteiger partial charge in [-0.3, -0.25) is 0 Å². The Labute approximate surface area is 102 Å². The minimum absolute atomic E-state index is 0.660. The van der Waals surface area contributed by atoms with Crippen LogP contribution in [0.2, 0.25) is 0 Å². The van der Waals surface area contributed by atoms with Crippen molar-refractivity contribution < 1.29 is 4.74 Å². The zero-order chi connectivity index (χ0) is 11.9. The Morgan fingerprint density at radius 1 is 1.53 bits per heavy atom. The lowest BCUT2D eigenvalue weighted by atomic mass is 10.1. The molecule has 0 amide bonds. The molecule has 0 aromatic carbocycles. The van der Waals surface area contributed by atoms with Crippen LogP contribution in [0.15, 0.2) is 30.0 Å². The molecule has 2 heterocycles. The molecule has 0 unspecified atom stereocenters. The molecule has 0 fully saturated rings. The first-order valence-corrected chi connectivity index (χ1v) is 6.10. The summed E-state index contributed by atoms with van der Waals surface area (Å²) in [6.07, 6.45) is 5.12. The highest BCUT2D eigenvalue weighted by atomic mass is 16.5. The van der Waals surface area contributed by atoms with Crippen molar-refractivity contribution in [2.75, 3.05) is 31.6 Å². The molecule has 2 N–H and O–H groups in total. The fourth-order valence-electron chi connectivity index (χ4n) is 1.82. The smallest absolute Gasteiger partial charge is 0.169 e. The Hall–Kier alpha value is -1.55. The van der Waals surface area contributed by atoms with Crippen molar-refractivity contribution in [3.8, 4) is 5.75 Å². The molecule has 2 rings (SSSR count). The average molecular weight is 233 g/mol. The monoisotopic (exact) mass is 233 g/mol. The molecule has 4 heteroatoms. The van der Waals surface area contributed by atoms with E-state index in [1.807, 2.05) is 19.1 Å². The van der Waals surface area contributed by atoms with Crippen molar-refractivity contribution in [2.45, 2.75) is 13.3 Å². The van der Waals surface area contributed by atoms with Gasteiger partial charge in [0.05, 0.1) is 6.61 Å². The number of anilines is 1. The lowest BCUT2D eigenvalue weighted by Gasteiger charge is -2.16. The van der Waals surface area contributed by atoms with Crippen LogP contribution in [0, 0.1) is 0 Å². The maximum atomic E-state index is 5.52. The first-order chi connectivity index (χ1) is 8.40. The number of aromatic nitrogens is 1. The van der Waals surface area contributed by atoms with Crippen molar-refractivity contribution >= 4 is 5.82 Å². The fraction of sp³-hybridized carbons (Fsp3) is 0.462.